The molecule has 3 nitrogen and oxygen atoms in total. The quantitative estimate of drug-likeness (QED) is 0.735. The molecule has 1 aromatic heterocycles. The van der Waals surface area contributed by atoms with Crippen molar-refractivity contribution < 1.29 is 0 Å². The van der Waals surface area contributed by atoms with Crippen molar-refractivity contribution in [3.05, 3.63) is 60.7 Å². The molecule has 0 bridgehead atoms. The topological polar surface area (TPSA) is 29.9 Å². The second-order valence-corrected chi connectivity index (χ2v) is 4.52. The van der Waals surface area contributed by atoms with Crippen molar-refractivity contribution in [3.63, 3.8) is 0 Å². The first-order valence-corrected chi connectivity index (χ1v) is 6.83. The summed E-state index contributed by atoms with van der Waals surface area (Å²) in [5.41, 5.74) is 1.25. The second kappa shape index (κ2) is 8.27. The predicted molar refractivity (Wildman–Crippen MR) is 79.8 cm³/mol. The highest BCUT2D eigenvalue weighted by molar-refractivity contribution is 5.48. The van der Waals surface area contributed by atoms with E-state index in [1.807, 2.05) is 24.8 Å². The molecule has 2 rings (SSSR count). The zero-order valence-electron chi connectivity index (χ0n) is 11.2. The molecule has 1 heterocycles. The van der Waals surface area contributed by atoms with Gasteiger partial charge in [0.25, 0.3) is 0 Å². The van der Waals surface area contributed by atoms with Gasteiger partial charge in [0.15, 0.2) is 0 Å². The molecule has 3 heteroatoms. The van der Waals surface area contributed by atoms with E-state index in [0.29, 0.717) is 0 Å². The first-order chi connectivity index (χ1) is 9.45. The molecule has 0 unspecified atom stereocenters. The summed E-state index contributed by atoms with van der Waals surface area (Å²) in [5.74, 6) is 0. The molecule has 0 fully saturated rings. The van der Waals surface area contributed by atoms with Gasteiger partial charge < -0.3 is 9.88 Å². The van der Waals surface area contributed by atoms with Gasteiger partial charge in [-0.25, -0.2) is 4.98 Å². The van der Waals surface area contributed by atoms with Crippen LogP contribution in [0.1, 0.15) is 18.4 Å². The fourth-order valence-electron chi connectivity index (χ4n) is 1.91. The number of nitrogens with zero attached hydrogens (tertiary/aromatic N) is 2. The summed E-state index contributed by atoms with van der Waals surface area (Å²) in [6, 6.07) is 10.4. The van der Waals surface area contributed by atoms with Crippen molar-refractivity contribution in [2.75, 3.05) is 13.1 Å². The Labute approximate surface area is 115 Å². The van der Waals surface area contributed by atoms with Crippen molar-refractivity contribution in [2.24, 2.45) is 0 Å². The zero-order valence-corrected chi connectivity index (χ0v) is 11.2. The molecule has 0 saturated heterocycles. The molecular weight excluding hydrogens is 234 g/mol. The van der Waals surface area contributed by atoms with Gasteiger partial charge in [0.1, 0.15) is 0 Å². The molecule has 0 aliphatic heterocycles. The maximum atomic E-state index is 4.03. The van der Waals surface area contributed by atoms with Gasteiger partial charge in [-0.1, -0.05) is 42.5 Å². The third-order valence-corrected chi connectivity index (χ3v) is 2.95. The van der Waals surface area contributed by atoms with Crippen molar-refractivity contribution in [3.8, 4) is 0 Å². The third-order valence-electron chi connectivity index (χ3n) is 2.95. The van der Waals surface area contributed by atoms with Gasteiger partial charge >= 0.3 is 0 Å². The van der Waals surface area contributed by atoms with E-state index < -0.39 is 0 Å². The van der Waals surface area contributed by atoms with E-state index in [-0.39, 0.29) is 0 Å². The van der Waals surface area contributed by atoms with Crippen LogP contribution >= 0.6 is 0 Å². The molecule has 0 atom stereocenters. The van der Waals surface area contributed by atoms with E-state index in [2.05, 4.69) is 51.3 Å². The number of nitrogens with one attached hydrogen (secondary N) is 1. The maximum Gasteiger partial charge on any atom is 0.0945 e. The van der Waals surface area contributed by atoms with Crippen LogP contribution in [0.2, 0.25) is 0 Å². The van der Waals surface area contributed by atoms with E-state index in [9.17, 15) is 0 Å². The standard InChI is InChI=1S/C16H21N3/c1-2-7-16(8-3-1)9-6-11-17-10-4-5-13-19-14-12-18-15-19/h1-3,6-9,12,14-15,17H,4-5,10-11,13H2. The van der Waals surface area contributed by atoms with Gasteiger partial charge in [0.2, 0.25) is 0 Å². The largest absolute Gasteiger partial charge is 0.337 e. The summed E-state index contributed by atoms with van der Waals surface area (Å²) in [6.07, 6.45) is 12.4. The summed E-state index contributed by atoms with van der Waals surface area (Å²) in [6.45, 7) is 3.05. The summed E-state index contributed by atoms with van der Waals surface area (Å²) in [4.78, 5) is 4.03. The average molecular weight is 255 g/mol. The minimum absolute atomic E-state index is 0.931. The molecule has 1 N–H and O–H groups in total. The zero-order chi connectivity index (χ0) is 13.2. The summed E-state index contributed by atoms with van der Waals surface area (Å²) in [5, 5.41) is 3.42. The molecule has 100 valence electrons. The number of unbranched alkanes of at least 4 members (excludes halogenated alkanes) is 1. The Balaban J connectivity index is 1.49. The van der Waals surface area contributed by atoms with E-state index in [1.54, 1.807) is 0 Å². The number of imidazole rings is 1. The summed E-state index contributed by atoms with van der Waals surface area (Å²) >= 11 is 0. The van der Waals surface area contributed by atoms with E-state index in [4.69, 9.17) is 0 Å². The normalized spacial score (nSPS) is 11.2. The van der Waals surface area contributed by atoms with Crippen molar-refractivity contribution in [1.29, 1.82) is 0 Å². The van der Waals surface area contributed by atoms with Gasteiger partial charge in [-0.2, -0.15) is 0 Å². The molecule has 19 heavy (non-hydrogen) atoms. The Kier molecular flexibility index (Phi) is 5.90. The maximum absolute atomic E-state index is 4.03. The van der Waals surface area contributed by atoms with Gasteiger partial charge in [0, 0.05) is 25.5 Å². The second-order valence-electron chi connectivity index (χ2n) is 4.52. The van der Waals surface area contributed by atoms with Crippen LogP contribution in [0, 0.1) is 0 Å². The fraction of sp³-hybridized carbons (Fsp3) is 0.312. The number of hydrogen-bond donors (Lipinski definition) is 1. The fourth-order valence-corrected chi connectivity index (χ4v) is 1.91. The highest BCUT2D eigenvalue weighted by Crippen LogP contribution is 2.00. The summed E-state index contributed by atoms with van der Waals surface area (Å²) in [7, 11) is 0. The van der Waals surface area contributed by atoms with Crippen LogP contribution in [0.4, 0.5) is 0 Å². The van der Waals surface area contributed by atoms with Crippen molar-refractivity contribution >= 4 is 6.08 Å². The van der Waals surface area contributed by atoms with Gasteiger partial charge in [-0.15, -0.1) is 0 Å². The molecule has 0 aliphatic rings. The lowest BCUT2D eigenvalue weighted by molar-refractivity contribution is 0.582. The first kappa shape index (κ1) is 13.6. The number of hydrogen-bond acceptors (Lipinski definition) is 2. The Hall–Kier alpha value is -1.87. The lowest BCUT2D eigenvalue weighted by Gasteiger charge is -2.03. The molecule has 0 radical (unpaired) electrons. The van der Waals surface area contributed by atoms with Gasteiger partial charge in [-0.05, 0) is 24.9 Å². The van der Waals surface area contributed by atoms with Crippen LogP contribution in [0.3, 0.4) is 0 Å². The Morgan fingerprint density at radius 3 is 2.84 bits per heavy atom. The monoisotopic (exact) mass is 255 g/mol. The van der Waals surface area contributed by atoms with Crippen molar-refractivity contribution in [2.45, 2.75) is 19.4 Å². The molecule has 0 aliphatic carbocycles. The van der Waals surface area contributed by atoms with Crippen LogP contribution in [-0.2, 0) is 6.54 Å². The molecule has 0 saturated carbocycles. The molecule has 1 aromatic carbocycles. The molecule has 0 amide bonds. The highest BCUT2D eigenvalue weighted by atomic mass is 15.0. The van der Waals surface area contributed by atoms with E-state index >= 15 is 0 Å². The smallest absolute Gasteiger partial charge is 0.0945 e. The molecule has 0 spiro atoms. The Morgan fingerprint density at radius 2 is 2.05 bits per heavy atom. The van der Waals surface area contributed by atoms with Crippen LogP contribution in [-0.4, -0.2) is 22.6 Å². The third kappa shape index (κ3) is 5.53. The number of aromatic nitrogens is 2. The molecule has 2 aromatic rings. The number of rotatable bonds is 8. The van der Waals surface area contributed by atoms with E-state index in [1.165, 1.54) is 18.4 Å². The first-order valence-electron chi connectivity index (χ1n) is 6.83. The van der Waals surface area contributed by atoms with E-state index in [0.717, 1.165) is 19.6 Å². The lowest BCUT2D eigenvalue weighted by atomic mass is 10.2. The Morgan fingerprint density at radius 1 is 1.16 bits per heavy atom. The van der Waals surface area contributed by atoms with Crippen molar-refractivity contribution in [1.82, 2.24) is 14.9 Å². The minimum Gasteiger partial charge on any atom is -0.337 e. The van der Waals surface area contributed by atoms with Crippen LogP contribution < -0.4 is 5.32 Å². The minimum atomic E-state index is 0.931. The van der Waals surface area contributed by atoms with Gasteiger partial charge in [-0.3, -0.25) is 0 Å². The molecular formula is C16H21N3. The van der Waals surface area contributed by atoms with Crippen LogP contribution in [0.25, 0.3) is 6.08 Å². The highest BCUT2D eigenvalue weighted by Gasteiger charge is 1.90. The van der Waals surface area contributed by atoms with Crippen LogP contribution in [0.5, 0.6) is 0 Å². The average Bonchev–Trinajstić information content (AvgIpc) is 2.96. The number of benzene rings is 1. The Bertz CT molecular complexity index is 460. The number of aryl methyl sites for hydroxylation is 1. The van der Waals surface area contributed by atoms with Crippen LogP contribution in [0.15, 0.2) is 55.1 Å². The SMILES string of the molecule is C(=Cc1ccccc1)CNCCCCn1ccnc1. The summed E-state index contributed by atoms with van der Waals surface area (Å²) < 4.78 is 2.12. The predicted octanol–water partition coefficient (Wildman–Crippen LogP) is 2.97. The lowest BCUT2D eigenvalue weighted by Crippen LogP contribution is -2.15. The van der Waals surface area contributed by atoms with Gasteiger partial charge in [0.05, 0.1) is 6.33 Å².